The summed E-state index contributed by atoms with van der Waals surface area (Å²) in [7, 11) is 0. The van der Waals surface area contributed by atoms with Crippen molar-refractivity contribution in [3.05, 3.63) is 0 Å². The van der Waals surface area contributed by atoms with Gasteiger partial charge in [0, 0.05) is 12.1 Å². The first-order valence-electron chi connectivity index (χ1n) is 5.53. The summed E-state index contributed by atoms with van der Waals surface area (Å²) in [5.41, 5.74) is 0.259. The molecule has 0 aromatic rings. The average Bonchev–Trinajstić information content (AvgIpc) is 2.81. The van der Waals surface area contributed by atoms with Crippen molar-refractivity contribution in [1.82, 2.24) is 10.6 Å². The van der Waals surface area contributed by atoms with E-state index in [2.05, 4.69) is 31.4 Å². The maximum absolute atomic E-state index is 11.3. The molecule has 0 spiro atoms. The molecule has 0 bridgehead atoms. The smallest absolute Gasteiger partial charge is 0.233 e. The van der Waals surface area contributed by atoms with Crippen LogP contribution in [0.4, 0.5) is 0 Å². The number of amides is 1. The zero-order valence-electron chi connectivity index (χ0n) is 9.52. The monoisotopic (exact) mass is 198 g/mol. The van der Waals surface area contributed by atoms with Gasteiger partial charge in [-0.3, -0.25) is 4.79 Å². The van der Waals surface area contributed by atoms with Gasteiger partial charge in [0.25, 0.3) is 0 Å². The summed E-state index contributed by atoms with van der Waals surface area (Å²) in [6.45, 7) is 7.75. The van der Waals surface area contributed by atoms with Crippen LogP contribution >= 0.6 is 0 Å². The highest BCUT2D eigenvalue weighted by Crippen LogP contribution is 2.33. The van der Waals surface area contributed by atoms with Gasteiger partial charge in [0.05, 0.1) is 6.54 Å². The Balaban J connectivity index is 1.99. The van der Waals surface area contributed by atoms with Crippen molar-refractivity contribution in [3.8, 4) is 0 Å². The van der Waals surface area contributed by atoms with E-state index in [4.69, 9.17) is 0 Å². The predicted octanol–water partition coefficient (Wildman–Crippen LogP) is 1.29. The van der Waals surface area contributed by atoms with Gasteiger partial charge in [0.1, 0.15) is 0 Å². The fourth-order valence-electron chi connectivity index (χ4n) is 1.22. The molecule has 3 nitrogen and oxygen atoms in total. The standard InChI is InChI=1S/C11H22N2O/c1-9(2)4-7-12-10(14)8-13-11(3)5-6-11/h9,13H,4-8H2,1-3H3,(H,12,14). The van der Waals surface area contributed by atoms with Crippen LogP contribution in [0, 0.1) is 5.92 Å². The highest BCUT2D eigenvalue weighted by Gasteiger charge is 2.36. The predicted molar refractivity (Wildman–Crippen MR) is 58.1 cm³/mol. The molecule has 0 aromatic carbocycles. The minimum absolute atomic E-state index is 0.124. The first kappa shape index (κ1) is 11.5. The van der Waals surface area contributed by atoms with Gasteiger partial charge < -0.3 is 10.6 Å². The molecule has 1 amide bonds. The van der Waals surface area contributed by atoms with E-state index >= 15 is 0 Å². The van der Waals surface area contributed by atoms with Gasteiger partial charge >= 0.3 is 0 Å². The molecule has 0 saturated heterocycles. The van der Waals surface area contributed by atoms with Crippen LogP contribution in [-0.2, 0) is 4.79 Å². The Morgan fingerprint density at radius 1 is 1.43 bits per heavy atom. The summed E-state index contributed by atoms with van der Waals surface area (Å²) < 4.78 is 0. The lowest BCUT2D eigenvalue weighted by molar-refractivity contribution is -0.120. The molecular weight excluding hydrogens is 176 g/mol. The highest BCUT2D eigenvalue weighted by atomic mass is 16.1. The third-order valence-electron chi connectivity index (χ3n) is 2.72. The lowest BCUT2D eigenvalue weighted by Crippen LogP contribution is -2.39. The minimum atomic E-state index is 0.124. The maximum atomic E-state index is 11.3. The number of rotatable bonds is 6. The van der Waals surface area contributed by atoms with Crippen molar-refractivity contribution in [2.75, 3.05) is 13.1 Å². The van der Waals surface area contributed by atoms with Crippen molar-refractivity contribution < 1.29 is 4.79 Å². The third kappa shape index (κ3) is 4.61. The molecule has 1 rings (SSSR count). The van der Waals surface area contributed by atoms with Gasteiger partial charge in [-0.2, -0.15) is 0 Å². The number of carbonyl (C=O) groups excluding carboxylic acids is 1. The molecule has 1 aliphatic carbocycles. The highest BCUT2D eigenvalue weighted by molar-refractivity contribution is 5.78. The molecule has 14 heavy (non-hydrogen) atoms. The molecule has 1 aliphatic rings. The van der Waals surface area contributed by atoms with E-state index in [-0.39, 0.29) is 11.4 Å². The Morgan fingerprint density at radius 2 is 2.07 bits per heavy atom. The summed E-state index contributed by atoms with van der Waals surface area (Å²) in [5, 5.41) is 6.17. The van der Waals surface area contributed by atoms with Gasteiger partial charge in [0.2, 0.25) is 5.91 Å². The zero-order valence-corrected chi connectivity index (χ0v) is 9.52. The van der Waals surface area contributed by atoms with E-state index in [0.717, 1.165) is 13.0 Å². The van der Waals surface area contributed by atoms with Crippen molar-refractivity contribution in [2.45, 2.75) is 45.6 Å². The lowest BCUT2D eigenvalue weighted by Gasteiger charge is -2.11. The van der Waals surface area contributed by atoms with Crippen LogP contribution in [0.15, 0.2) is 0 Å². The molecule has 0 unspecified atom stereocenters. The first-order chi connectivity index (χ1) is 6.52. The molecule has 0 atom stereocenters. The Kier molecular flexibility index (Phi) is 3.93. The van der Waals surface area contributed by atoms with E-state index in [1.54, 1.807) is 0 Å². The number of carbonyl (C=O) groups is 1. The molecule has 82 valence electrons. The van der Waals surface area contributed by atoms with Crippen molar-refractivity contribution >= 4 is 5.91 Å². The molecule has 2 N–H and O–H groups in total. The van der Waals surface area contributed by atoms with Crippen LogP contribution in [-0.4, -0.2) is 24.5 Å². The van der Waals surface area contributed by atoms with E-state index in [1.165, 1.54) is 12.8 Å². The van der Waals surface area contributed by atoms with Crippen LogP contribution in [0.5, 0.6) is 0 Å². The van der Waals surface area contributed by atoms with E-state index < -0.39 is 0 Å². The van der Waals surface area contributed by atoms with Gasteiger partial charge in [-0.05, 0) is 32.1 Å². The SMILES string of the molecule is CC(C)CCNC(=O)CNC1(C)CC1. The van der Waals surface area contributed by atoms with Gasteiger partial charge in [-0.25, -0.2) is 0 Å². The van der Waals surface area contributed by atoms with Gasteiger partial charge in [-0.1, -0.05) is 13.8 Å². The summed E-state index contributed by atoms with van der Waals surface area (Å²) in [4.78, 5) is 11.3. The molecular formula is C11H22N2O. The summed E-state index contributed by atoms with van der Waals surface area (Å²) in [5.74, 6) is 0.781. The lowest BCUT2D eigenvalue weighted by atomic mass is 10.1. The fourth-order valence-corrected chi connectivity index (χ4v) is 1.22. The quantitative estimate of drug-likeness (QED) is 0.675. The molecule has 3 heteroatoms. The molecule has 1 fully saturated rings. The Labute approximate surface area is 86.6 Å². The van der Waals surface area contributed by atoms with Crippen LogP contribution in [0.1, 0.15) is 40.0 Å². The van der Waals surface area contributed by atoms with Crippen molar-refractivity contribution in [1.29, 1.82) is 0 Å². The fraction of sp³-hybridized carbons (Fsp3) is 0.909. The Morgan fingerprint density at radius 3 is 2.57 bits per heavy atom. The second-order valence-electron chi connectivity index (χ2n) is 4.95. The molecule has 0 aliphatic heterocycles. The van der Waals surface area contributed by atoms with Crippen molar-refractivity contribution in [2.24, 2.45) is 5.92 Å². The normalized spacial score (nSPS) is 18.3. The zero-order chi connectivity index (χ0) is 10.6. The second kappa shape index (κ2) is 4.78. The Hall–Kier alpha value is -0.570. The molecule has 0 radical (unpaired) electrons. The Bertz CT molecular complexity index is 197. The van der Waals surface area contributed by atoms with Crippen LogP contribution in [0.2, 0.25) is 0 Å². The maximum Gasteiger partial charge on any atom is 0.233 e. The topological polar surface area (TPSA) is 41.1 Å². The van der Waals surface area contributed by atoms with Crippen LogP contribution in [0.25, 0.3) is 0 Å². The summed E-state index contributed by atoms with van der Waals surface area (Å²) >= 11 is 0. The van der Waals surface area contributed by atoms with E-state index in [9.17, 15) is 4.79 Å². The number of nitrogens with one attached hydrogen (secondary N) is 2. The number of hydrogen-bond acceptors (Lipinski definition) is 2. The average molecular weight is 198 g/mol. The summed E-state index contributed by atoms with van der Waals surface area (Å²) in [6, 6.07) is 0. The summed E-state index contributed by atoms with van der Waals surface area (Å²) in [6.07, 6.45) is 3.46. The molecule has 1 saturated carbocycles. The van der Waals surface area contributed by atoms with E-state index in [1.807, 2.05) is 0 Å². The first-order valence-corrected chi connectivity index (χ1v) is 5.53. The number of hydrogen-bond donors (Lipinski definition) is 2. The van der Waals surface area contributed by atoms with Crippen LogP contribution in [0.3, 0.4) is 0 Å². The van der Waals surface area contributed by atoms with Gasteiger partial charge in [0.15, 0.2) is 0 Å². The van der Waals surface area contributed by atoms with Gasteiger partial charge in [-0.15, -0.1) is 0 Å². The van der Waals surface area contributed by atoms with E-state index in [0.29, 0.717) is 12.5 Å². The third-order valence-corrected chi connectivity index (χ3v) is 2.72. The minimum Gasteiger partial charge on any atom is -0.355 e. The van der Waals surface area contributed by atoms with Crippen LogP contribution < -0.4 is 10.6 Å². The molecule has 0 aromatic heterocycles. The second-order valence-corrected chi connectivity index (χ2v) is 4.95. The largest absolute Gasteiger partial charge is 0.355 e. The molecule has 0 heterocycles. The van der Waals surface area contributed by atoms with Crippen molar-refractivity contribution in [3.63, 3.8) is 0 Å².